The number of thiophene rings is 1. The number of nitrogens with two attached hydrogens (primary N) is 1. The van der Waals surface area contributed by atoms with Crippen LogP contribution in [0.4, 0.5) is 11.8 Å². The molecule has 2 N–H and O–H groups in total. The van der Waals surface area contributed by atoms with E-state index in [0.29, 0.717) is 5.95 Å². The zero-order chi connectivity index (χ0) is 10.3. The van der Waals surface area contributed by atoms with Crippen LogP contribution in [0, 0.1) is 6.92 Å². The Balaban J connectivity index is 2.79. The molecule has 14 heavy (non-hydrogen) atoms. The van der Waals surface area contributed by atoms with Crippen LogP contribution in [0.3, 0.4) is 0 Å². The summed E-state index contributed by atoms with van der Waals surface area (Å²) in [6.45, 7) is 2.06. The van der Waals surface area contributed by atoms with Crippen molar-refractivity contribution in [2.24, 2.45) is 0 Å². The Morgan fingerprint density at radius 3 is 2.71 bits per heavy atom. The Hall–Kier alpha value is -1.36. The second-order valence-corrected chi connectivity index (χ2v) is 4.61. The molecule has 0 aliphatic rings. The molecule has 0 aromatic carbocycles. The van der Waals surface area contributed by atoms with E-state index in [2.05, 4.69) is 23.0 Å². The molecule has 0 bridgehead atoms. The number of anilines is 2. The lowest BCUT2D eigenvalue weighted by molar-refractivity contribution is 1.07. The zero-order valence-corrected chi connectivity index (χ0v) is 9.22. The molecule has 2 heterocycles. The van der Waals surface area contributed by atoms with Crippen LogP contribution in [-0.4, -0.2) is 24.1 Å². The van der Waals surface area contributed by atoms with Gasteiger partial charge in [-0.3, -0.25) is 0 Å². The van der Waals surface area contributed by atoms with Gasteiger partial charge >= 0.3 is 0 Å². The number of aromatic nitrogens is 2. The van der Waals surface area contributed by atoms with Gasteiger partial charge in [-0.25, -0.2) is 4.98 Å². The van der Waals surface area contributed by atoms with Crippen molar-refractivity contribution in [3.63, 3.8) is 0 Å². The third kappa shape index (κ3) is 1.39. The molecule has 0 fully saturated rings. The van der Waals surface area contributed by atoms with Gasteiger partial charge in [0.2, 0.25) is 5.95 Å². The number of hydrogen-bond acceptors (Lipinski definition) is 5. The fourth-order valence-corrected chi connectivity index (χ4v) is 2.26. The third-order valence-electron chi connectivity index (χ3n) is 1.94. The summed E-state index contributed by atoms with van der Waals surface area (Å²) in [7, 11) is 3.91. The molecule has 0 saturated carbocycles. The Morgan fingerprint density at radius 1 is 1.36 bits per heavy atom. The van der Waals surface area contributed by atoms with Gasteiger partial charge in [0.25, 0.3) is 0 Å². The van der Waals surface area contributed by atoms with Crippen molar-refractivity contribution >= 4 is 33.3 Å². The summed E-state index contributed by atoms with van der Waals surface area (Å²) in [5.41, 5.74) is 5.63. The maximum Gasteiger partial charge on any atom is 0.223 e. The van der Waals surface area contributed by atoms with Crippen molar-refractivity contribution in [2.45, 2.75) is 6.92 Å². The average molecular weight is 208 g/mol. The molecule has 74 valence electrons. The van der Waals surface area contributed by atoms with E-state index in [0.717, 1.165) is 16.0 Å². The Labute approximate surface area is 86.4 Å². The second-order valence-electron chi connectivity index (χ2n) is 3.38. The van der Waals surface area contributed by atoms with E-state index in [1.165, 1.54) is 4.88 Å². The zero-order valence-electron chi connectivity index (χ0n) is 8.40. The molecule has 0 radical (unpaired) electrons. The summed E-state index contributed by atoms with van der Waals surface area (Å²) in [6.07, 6.45) is 0. The fourth-order valence-electron chi connectivity index (χ4n) is 1.38. The lowest BCUT2D eigenvalue weighted by atomic mass is 10.3. The van der Waals surface area contributed by atoms with Crippen LogP contribution in [0.2, 0.25) is 0 Å². The highest BCUT2D eigenvalue weighted by molar-refractivity contribution is 7.18. The Morgan fingerprint density at radius 2 is 2.07 bits per heavy atom. The molecule has 0 aliphatic carbocycles. The molecule has 4 nitrogen and oxygen atoms in total. The molecule has 0 atom stereocenters. The lowest BCUT2D eigenvalue weighted by Gasteiger charge is -2.12. The molecular formula is C9H12N4S. The van der Waals surface area contributed by atoms with Crippen LogP contribution >= 0.6 is 11.3 Å². The summed E-state index contributed by atoms with van der Waals surface area (Å²) in [4.78, 5) is 12.5. The first-order valence-corrected chi connectivity index (χ1v) is 5.10. The van der Waals surface area contributed by atoms with E-state index >= 15 is 0 Å². The molecular weight excluding hydrogens is 196 g/mol. The van der Waals surface area contributed by atoms with Crippen LogP contribution in [0.15, 0.2) is 6.07 Å². The van der Waals surface area contributed by atoms with Crippen LogP contribution in [-0.2, 0) is 0 Å². The van der Waals surface area contributed by atoms with Crippen molar-refractivity contribution < 1.29 is 0 Å². The second kappa shape index (κ2) is 3.09. The van der Waals surface area contributed by atoms with E-state index in [4.69, 9.17) is 5.73 Å². The lowest BCUT2D eigenvalue weighted by Crippen LogP contribution is -2.12. The maximum absolute atomic E-state index is 5.63. The maximum atomic E-state index is 5.63. The highest BCUT2D eigenvalue weighted by Crippen LogP contribution is 2.29. The first-order chi connectivity index (χ1) is 6.58. The fraction of sp³-hybridized carbons (Fsp3) is 0.333. The van der Waals surface area contributed by atoms with E-state index < -0.39 is 0 Å². The summed E-state index contributed by atoms with van der Waals surface area (Å²) in [5, 5.41) is 1.08. The quantitative estimate of drug-likeness (QED) is 0.774. The predicted octanol–water partition coefficient (Wildman–Crippen LogP) is 1.65. The minimum absolute atomic E-state index is 0.336. The van der Waals surface area contributed by atoms with Gasteiger partial charge in [-0.15, -0.1) is 11.3 Å². The molecule has 0 amide bonds. The van der Waals surface area contributed by atoms with Crippen molar-refractivity contribution in [1.82, 2.24) is 9.97 Å². The Bertz CT molecular complexity index is 475. The van der Waals surface area contributed by atoms with Crippen LogP contribution in [0.1, 0.15) is 4.88 Å². The van der Waals surface area contributed by atoms with Gasteiger partial charge in [0.1, 0.15) is 10.6 Å². The number of fused-ring (bicyclic) bond motifs is 1. The van der Waals surface area contributed by atoms with Crippen molar-refractivity contribution in [1.29, 1.82) is 0 Å². The van der Waals surface area contributed by atoms with Crippen LogP contribution in [0.25, 0.3) is 10.2 Å². The van der Waals surface area contributed by atoms with Gasteiger partial charge in [-0.05, 0) is 13.0 Å². The standard InChI is InChI=1S/C9H12N4S/c1-5-4-6-7(13(2)3)11-9(10)12-8(6)14-5/h4H,1-3H3,(H2,10,11,12). The minimum Gasteiger partial charge on any atom is -0.368 e. The molecule has 0 unspecified atom stereocenters. The van der Waals surface area contributed by atoms with Crippen molar-refractivity contribution in [3.8, 4) is 0 Å². The van der Waals surface area contributed by atoms with Gasteiger partial charge in [0, 0.05) is 19.0 Å². The number of nitrogen functional groups attached to an aromatic ring is 1. The molecule has 0 spiro atoms. The normalized spacial score (nSPS) is 10.8. The van der Waals surface area contributed by atoms with Crippen molar-refractivity contribution in [2.75, 3.05) is 24.7 Å². The van der Waals surface area contributed by atoms with Crippen molar-refractivity contribution in [3.05, 3.63) is 10.9 Å². The van der Waals surface area contributed by atoms with Crippen LogP contribution < -0.4 is 10.6 Å². The van der Waals surface area contributed by atoms with Gasteiger partial charge in [-0.2, -0.15) is 4.98 Å². The topological polar surface area (TPSA) is 55.0 Å². The molecule has 0 aliphatic heterocycles. The SMILES string of the molecule is Cc1cc2c(N(C)C)nc(N)nc2s1. The number of rotatable bonds is 1. The summed E-state index contributed by atoms with van der Waals surface area (Å²) < 4.78 is 0. The van der Waals surface area contributed by atoms with Gasteiger partial charge in [0.15, 0.2) is 0 Å². The molecule has 2 aromatic heterocycles. The monoisotopic (exact) mass is 208 g/mol. The van der Waals surface area contributed by atoms with Crippen LogP contribution in [0.5, 0.6) is 0 Å². The van der Waals surface area contributed by atoms with E-state index in [-0.39, 0.29) is 0 Å². The summed E-state index contributed by atoms with van der Waals surface area (Å²) >= 11 is 1.64. The highest BCUT2D eigenvalue weighted by atomic mass is 32.1. The minimum atomic E-state index is 0.336. The number of aryl methyl sites for hydroxylation is 1. The smallest absolute Gasteiger partial charge is 0.223 e. The average Bonchev–Trinajstić information content (AvgIpc) is 2.42. The van der Waals surface area contributed by atoms with Gasteiger partial charge < -0.3 is 10.6 Å². The van der Waals surface area contributed by atoms with E-state index in [1.807, 2.05) is 19.0 Å². The summed E-state index contributed by atoms with van der Waals surface area (Å²) in [6, 6.07) is 2.09. The predicted molar refractivity (Wildman–Crippen MR) is 60.9 cm³/mol. The first-order valence-electron chi connectivity index (χ1n) is 4.29. The molecule has 2 aromatic rings. The van der Waals surface area contributed by atoms with Gasteiger partial charge in [0.05, 0.1) is 5.39 Å². The largest absolute Gasteiger partial charge is 0.368 e. The molecule has 0 saturated heterocycles. The number of nitrogens with zero attached hydrogens (tertiary/aromatic N) is 3. The van der Waals surface area contributed by atoms with E-state index in [9.17, 15) is 0 Å². The molecule has 2 rings (SSSR count). The summed E-state index contributed by atoms with van der Waals surface area (Å²) in [5.74, 6) is 1.22. The Kier molecular flexibility index (Phi) is 2.03. The highest BCUT2D eigenvalue weighted by Gasteiger charge is 2.10. The number of hydrogen-bond donors (Lipinski definition) is 1. The van der Waals surface area contributed by atoms with Gasteiger partial charge in [-0.1, -0.05) is 0 Å². The third-order valence-corrected chi connectivity index (χ3v) is 2.88. The first kappa shape index (κ1) is 9.21. The molecule has 5 heteroatoms. The van der Waals surface area contributed by atoms with E-state index in [1.54, 1.807) is 11.3 Å².